The normalized spacial score (nSPS) is 11.8. The molecule has 1 unspecified atom stereocenters. The Bertz CT molecular complexity index is 1520. The summed E-state index contributed by atoms with van der Waals surface area (Å²) in [4.78, 5) is 49.4. The quantitative estimate of drug-likeness (QED) is 0.0981. The van der Waals surface area contributed by atoms with E-state index in [2.05, 4.69) is 16.0 Å². The van der Waals surface area contributed by atoms with Gasteiger partial charge >= 0.3 is 0 Å². The summed E-state index contributed by atoms with van der Waals surface area (Å²) in [7, 11) is 0. The van der Waals surface area contributed by atoms with Crippen molar-refractivity contribution in [3.8, 4) is 0 Å². The van der Waals surface area contributed by atoms with E-state index < -0.39 is 22.0 Å². The van der Waals surface area contributed by atoms with Gasteiger partial charge in [-0.1, -0.05) is 18.2 Å². The molecule has 0 fully saturated rings. The number of thioether (sulfide) groups is 1. The molecule has 0 bridgehead atoms. The molecular weight excluding hydrogens is 532 g/mol. The molecule has 4 aromatic rings. The van der Waals surface area contributed by atoms with E-state index in [1.54, 1.807) is 73.7 Å². The molecule has 0 aliphatic heterocycles. The number of hydrogen-bond donors (Lipinski definition) is 3. The molecule has 202 valence electrons. The first-order chi connectivity index (χ1) is 19.3. The Morgan fingerprint density at radius 2 is 1.52 bits per heavy atom. The molecular formula is C29H24N4O6S. The number of amides is 3. The van der Waals surface area contributed by atoms with E-state index in [4.69, 9.17) is 4.42 Å². The first-order valence-corrected chi connectivity index (χ1v) is 12.9. The van der Waals surface area contributed by atoms with Crippen molar-refractivity contribution in [3.05, 3.63) is 124 Å². The summed E-state index contributed by atoms with van der Waals surface area (Å²) in [5.41, 5.74) is 1.28. The van der Waals surface area contributed by atoms with Crippen molar-refractivity contribution in [3.63, 3.8) is 0 Å². The zero-order valence-corrected chi connectivity index (χ0v) is 22.0. The molecule has 0 aliphatic carbocycles. The van der Waals surface area contributed by atoms with Crippen LogP contribution in [0.25, 0.3) is 6.08 Å². The summed E-state index contributed by atoms with van der Waals surface area (Å²) < 4.78 is 5.31. The maximum Gasteiger partial charge on any atom is 0.272 e. The summed E-state index contributed by atoms with van der Waals surface area (Å²) in [6, 6.07) is 24.3. The first kappa shape index (κ1) is 27.9. The molecule has 0 saturated heterocycles. The predicted octanol–water partition coefficient (Wildman–Crippen LogP) is 5.72. The van der Waals surface area contributed by atoms with Crippen LogP contribution in [0.3, 0.4) is 0 Å². The van der Waals surface area contributed by atoms with Gasteiger partial charge < -0.3 is 20.4 Å². The molecule has 40 heavy (non-hydrogen) atoms. The highest BCUT2D eigenvalue weighted by molar-refractivity contribution is 8.00. The van der Waals surface area contributed by atoms with Crippen LogP contribution in [0.4, 0.5) is 17.1 Å². The van der Waals surface area contributed by atoms with Crippen LogP contribution < -0.4 is 16.0 Å². The minimum absolute atomic E-state index is 0.00112. The van der Waals surface area contributed by atoms with Crippen molar-refractivity contribution >= 4 is 52.6 Å². The topological polar surface area (TPSA) is 144 Å². The Kier molecular flexibility index (Phi) is 9.11. The standard InChI is InChI=1S/C29H24N4O6S/c1-19(27(34)30-21-9-13-23(14-10-21)33(37)38)40-25-15-11-22(12-16-25)31-29(36)26(18-24-8-5-17-39-24)32-28(35)20-6-3-2-4-7-20/h2-19H,1H3,(H,30,34)(H,31,36)(H,32,35)/b26-18-. The van der Waals surface area contributed by atoms with Gasteiger partial charge in [0.05, 0.1) is 16.4 Å². The van der Waals surface area contributed by atoms with Gasteiger partial charge in [-0.3, -0.25) is 24.5 Å². The van der Waals surface area contributed by atoms with Crippen molar-refractivity contribution in [1.82, 2.24) is 5.32 Å². The first-order valence-electron chi connectivity index (χ1n) is 12.0. The number of carbonyl (C=O) groups excluding carboxylic acids is 3. The summed E-state index contributed by atoms with van der Waals surface area (Å²) in [5, 5.41) is 18.5. The van der Waals surface area contributed by atoms with Gasteiger partial charge in [-0.2, -0.15) is 0 Å². The molecule has 0 aliphatic rings. The largest absolute Gasteiger partial charge is 0.465 e. The van der Waals surface area contributed by atoms with E-state index in [1.807, 2.05) is 0 Å². The van der Waals surface area contributed by atoms with E-state index in [1.165, 1.54) is 48.4 Å². The molecule has 1 heterocycles. The van der Waals surface area contributed by atoms with E-state index >= 15 is 0 Å². The number of rotatable bonds is 10. The number of nitro groups is 1. The lowest BCUT2D eigenvalue weighted by atomic mass is 10.2. The Labute approximate surface area is 233 Å². The second-order valence-corrected chi connectivity index (χ2v) is 9.84. The fraction of sp³-hybridized carbons (Fsp3) is 0.0690. The number of nitro benzene ring substituents is 1. The van der Waals surface area contributed by atoms with Crippen LogP contribution in [-0.2, 0) is 9.59 Å². The lowest BCUT2D eigenvalue weighted by Crippen LogP contribution is -2.30. The summed E-state index contributed by atoms with van der Waals surface area (Å²) in [6.07, 6.45) is 2.90. The Balaban J connectivity index is 1.37. The summed E-state index contributed by atoms with van der Waals surface area (Å²) >= 11 is 1.31. The smallest absolute Gasteiger partial charge is 0.272 e. The fourth-order valence-electron chi connectivity index (χ4n) is 3.44. The van der Waals surface area contributed by atoms with Crippen LogP contribution >= 0.6 is 11.8 Å². The second-order valence-electron chi connectivity index (χ2n) is 8.43. The monoisotopic (exact) mass is 556 g/mol. The van der Waals surface area contributed by atoms with E-state index in [0.717, 1.165) is 4.90 Å². The number of non-ortho nitro benzene ring substituents is 1. The molecule has 0 saturated carbocycles. The minimum atomic E-state index is -0.545. The highest BCUT2D eigenvalue weighted by Crippen LogP contribution is 2.26. The highest BCUT2D eigenvalue weighted by atomic mass is 32.2. The Morgan fingerprint density at radius 3 is 2.15 bits per heavy atom. The summed E-state index contributed by atoms with van der Waals surface area (Å²) in [5.74, 6) is -0.859. The maximum absolute atomic E-state index is 13.1. The Morgan fingerprint density at radius 1 is 0.875 bits per heavy atom. The van der Waals surface area contributed by atoms with Gasteiger partial charge in [0.1, 0.15) is 11.5 Å². The van der Waals surface area contributed by atoms with Gasteiger partial charge in [-0.25, -0.2) is 0 Å². The summed E-state index contributed by atoms with van der Waals surface area (Å²) in [6.45, 7) is 1.74. The minimum Gasteiger partial charge on any atom is -0.465 e. The number of nitrogens with zero attached hydrogens (tertiary/aromatic N) is 1. The van der Waals surface area contributed by atoms with Gasteiger partial charge in [0.2, 0.25) is 5.91 Å². The van der Waals surface area contributed by atoms with Crippen molar-refractivity contribution in [1.29, 1.82) is 0 Å². The average molecular weight is 557 g/mol. The lowest BCUT2D eigenvalue weighted by Gasteiger charge is -2.13. The van der Waals surface area contributed by atoms with Crippen molar-refractivity contribution in [2.75, 3.05) is 10.6 Å². The number of hydrogen-bond acceptors (Lipinski definition) is 7. The molecule has 1 aromatic heterocycles. The highest BCUT2D eigenvalue weighted by Gasteiger charge is 2.17. The molecule has 0 radical (unpaired) electrons. The van der Waals surface area contributed by atoms with Crippen LogP contribution in [0.1, 0.15) is 23.0 Å². The van der Waals surface area contributed by atoms with Crippen molar-refractivity contribution in [2.45, 2.75) is 17.1 Å². The number of benzene rings is 3. The van der Waals surface area contributed by atoms with Crippen LogP contribution in [0.5, 0.6) is 0 Å². The van der Waals surface area contributed by atoms with Gasteiger partial charge in [-0.15, -0.1) is 11.8 Å². The number of furan rings is 1. The van der Waals surface area contributed by atoms with E-state index in [0.29, 0.717) is 22.7 Å². The number of anilines is 2. The van der Waals surface area contributed by atoms with Crippen molar-refractivity contribution < 1.29 is 23.7 Å². The molecule has 3 aromatic carbocycles. The molecule has 11 heteroatoms. The van der Waals surface area contributed by atoms with Gasteiger partial charge in [0, 0.05) is 40.0 Å². The van der Waals surface area contributed by atoms with Gasteiger partial charge in [-0.05, 0) is 67.6 Å². The lowest BCUT2D eigenvalue weighted by molar-refractivity contribution is -0.384. The zero-order chi connectivity index (χ0) is 28.5. The van der Waals surface area contributed by atoms with Crippen LogP contribution in [0, 0.1) is 10.1 Å². The van der Waals surface area contributed by atoms with Crippen LogP contribution in [0.2, 0.25) is 0 Å². The second kappa shape index (κ2) is 13.1. The molecule has 3 N–H and O–H groups in total. The van der Waals surface area contributed by atoms with Crippen molar-refractivity contribution in [2.24, 2.45) is 0 Å². The predicted molar refractivity (Wildman–Crippen MR) is 153 cm³/mol. The molecule has 10 nitrogen and oxygen atoms in total. The zero-order valence-electron chi connectivity index (χ0n) is 21.2. The molecule has 4 rings (SSSR count). The SMILES string of the molecule is CC(Sc1ccc(NC(=O)/C(=C/c2ccco2)NC(=O)c2ccccc2)cc1)C(=O)Nc1ccc([N+](=O)[O-])cc1. The Hall–Kier alpha value is -5.16. The van der Waals surface area contributed by atoms with Crippen LogP contribution in [-0.4, -0.2) is 27.9 Å². The maximum atomic E-state index is 13.1. The third-order valence-electron chi connectivity index (χ3n) is 5.50. The molecule has 0 spiro atoms. The van der Waals surface area contributed by atoms with Crippen LogP contribution in [0.15, 0.2) is 112 Å². The molecule has 3 amide bonds. The number of nitrogens with one attached hydrogen (secondary N) is 3. The average Bonchev–Trinajstić information content (AvgIpc) is 3.47. The van der Waals surface area contributed by atoms with E-state index in [-0.39, 0.29) is 17.3 Å². The fourth-order valence-corrected chi connectivity index (χ4v) is 4.31. The third-order valence-corrected chi connectivity index (χ3v) is 6.61. The van der Waals surface area contributed by atoms with E-state index in [9.17, 15) is 24.5 Å². The number of carbonyl (C=O) groups is 3. The van der Waals surface area contributed by atoms with Gasteiger partial charge in [0.15, 0.2) is 0 Å². The molecule has 1 atom stereocenters. The third kappa shape index (κ3) is 7.68. The van der Waals surface area contributed by atoms with Gasteiger partial charge in [0.25, 0.3) is 17.5 Å².